The molecule has 0 unspecified atom stereocenters. The summed E-state index contributed by atoms with van der Waals surface area (Å²) in [6, 6.07) is 125. The molecule has 0 aliphatic carbocycles. The van der Waals surface area contributed by atoms with Gasteiger partial charge in [-0.05, 0) is 176 Å². The van der Waals surface area contributed by atoms with E-state index in [9.17, 15) is 8.78 Å². The average molecular weight is 2450 g/mol. The molecule has 133 heavy (non-hydrogen) atoms. The number of rotatable bonds is 12. The summed E-state index contributed by atoms with van der Waals surface area (Å²) >= 11 is 0. The Morgan fingerprint density at radius 3 is 0.992 bits per heavy atom. The summed E-state index contributed by atoms with van der Waals surface area (Å²) in [5.74, 6) is -0.536. The standard InChI is InChI=1S/2C18H13FN.2C18H14N.3C12H10N.C11H8N.4Ir/c2*1-13-11-18(15-5-3-2-4-6-15)20-12-17(13)14-7-9-16(19)10-8-14;2*1-14-12-18(16-10-6-3-7-11-16)19-13-17(14)15-8-4-2-5-9-15;1-10-6-2-3-7-11(10)12-8-4-5-9-13-12;1-10-5-7-11(8-6-10)12-4-2-3-9-13-12;1-10-6-5-9-13-12(10)11-7-3-2-4-8-11;1-2-6-10(7-3-1)11-8-4-5-9-12-11;;;;/h2*2-5,7-12H,1H3;2*2-10,12-13H,1H3;2-6,8-9H,1H3;2*2-7,9H,1H3;1-6,8-9H;;;;/q8*-1;;;;/i2D,3D,4D,5D;;2D,4D,5D,8D,9D;;;;;;;;;. The predicted molar refractivity (Wildman–Crippen MR) is 523 cm³/mol. The van der Waals surface area contributed by atoms with Gasteiger partial charge < -0.3 is 39.9 Å². The number of aryl methyl sites for hydroxylation is 7. The van der Waals surface area contributed by atoms with E-state index in [-0.39, 0.29) is 152 Å². The number of hydrogen-bond acceptors (Lipinski definition) is 8. The topological polar surface area (TPSA) is 103 Å². The van der Waals surface area contributed by atoms with E-state index < -0.39 is 6.04 Å². The van der Waals surface area contributed by atoms with E-state index in [0.717, 1.165) is 118 Å². The van der Waals surface area contributed by atoms with Gasteiger partial charge >= 0.3 is 0 Å². The molecule has 8 aromatic heterocycles. The zero-order chi connectivity index (χ0) is 97.4. The third-order valence-electron chi connectivity index (χ3n) is 19.8. The van der Waals surface area contributed by atoms with E-state index in [1.807, 2.05) is 270 Å². The van der Waals surface area contributed by atoms with E-state index in [1.165, 1.54) is 57.6 Å². The second kappa shape index (κ2) is 54.8. The fourth-order valence-corrected chi connectivity index (χ4v) is 13.1. The molecular formula is C119H92F2Ir4N8-8. The van der Waals surface area contributed by atoms with Gasteiger partial charge in [0.05, 0.1) is 6.85 Å². The molecule has 0 N–H and O–H groups in total. The van der Waals surface area contributed by atoms with Crippen molar-refractivity contribution >= 4 is 0 Å². The minimum absolute atomic E-state index is 0. The first-order valence-electron chi connectivity index (χ1n) is 45.9. The molecule has 12 aromatic carbocycles. The molecule has 0 bridgehead atoms. The molecule has 0 saturated carbocycles. The monoisotopic (exact) mass is 2450 g/mol. The molecule has 666 valence electrons. The van der Waals surface area contributed by atoms with Crippen LogP contribution >= 0.6 is 0 Å². The molecular weight excluding hydrogens is 2350 g/mol. The Morgan fingerprint density at radius 1 is 0.241 bits per heavy atom. The van der Waals surface area contributed by atoms with Crippen LogP contribution in [-0.4, -0.2) is 39.9 Å². The van der Waals surface area contributed by atoms with Crippen molar-refractivity contribution in [3.8, 4) is 135 Å². The van der Waals surface area contributed by atoms with Gasteiger partial charge in [-0.15, -0.1) is 286 Å². The number of pyridine rings is 8. The van der Waals surface area contributed by atoms with Gasteiger partial charge in [0.15, 0.2) is 0 Å². The normalized spacial score (nSPS) is 10.8. The number of halogens is 2. The maximum atomic E-state index is 13.0. The first-order chi connectivity index (χ1) is 67.0. The van der Waals surface area contributed by atoms with Gasteiger partial charge in [-0.1, -0.05) is 171 Å². The molecule has 0 fully saturated rings. The van der Waals surface area contributed by atoms with E-state index in [0.29, 0.717) is 11.3 Å². The molecule has 0 amide bonds. The molecule has 0 saturated heterocycles. The first-order valence-corrected chi connectivity index (χ1v) is 41.4. The van der Waals surface area contributed by atoms with E-state index in [2.05, 4.69) is 152 Å². The zero-order valence-electron chi connectivity index (χ0n) is 82.5. The van der Waals surface area contributed by atoms with Gasteiger partial charge in [0, 0.05) is 155 Å². The van der Waals surface area contributed by atoms with Crippen LogP contribution in [0.3, 0.4) is 0 Å². The van der Waals surface area contributed by atoms with Gasteiger partial charge in [-0.25, -0.2) is 8.78 Å². The van der Waals surface area contributed by atoms with Crippen LogP contribution in [0.4, 0.5) is 8.78 Å². The van der Waals surface area contributed by atoms with E-state index in [4.69, 9.17) is 12.3 Å². The summed E-state index contributed by atoms with van der Waals surface area (Å²) in [5.41, 5.74) is 28.6. The molecule has 8 nitrogen and oxygen atoms in total. The van der Waals surface area contributed by atoms with Crippen LogP contribution in [0.1, 0.15) is 51.3 Å². The zero-order valence-corrected chi connectivity index (χ0v) is 83.0. The number of nitrogens with zero attached hydrogens (tertiary/aromatic N) is 8. The van der Waals surface area contributed by atoms with Crippen molar-refractivity contribution in [2.45, 2.75) is 48.5 Å². The number of aromatic nitrogens is 8. The van der Waals surface area contributed by atoms with E-state index >= 15 is 0 Å². The summed E-state index contributed by atoms with van der Waals surface area (Å²) < 4.78 is 96.4. The van der Waals surface area contributed by atoms with Crippen LogP contribution in [0, 0.1) is 109 Å². The van der Waals surface area contributed by atoms with Crippen LogP contribution in [0.15, 0.2) is 432 Å². The first kappa shape index (κ1) is 89.9. The largest absolute Gasteiger partial charge is 0.305 e. The molecule has 0 atom stereocenters. The van der Waals surface area contributed by atoms with Gasteiger partial charge in [-0.2, -0.15) is 0 Å². The Morgan fingerprint density at radius 2 is 0.602 bits per heavy atom. The molecule has 20 aromatic rings. The third kappa shape index (κ3) is 31.2. The van der Waals surface area contributed by atoms with Crippen LogP contribution in [0.2, 0.25) is 0 Å². The second-order valence-corrected chi connectivity index (χ2v) is 29.1. The van der Waals surface area contributed by atoms with Gasteiger partial charge in [0.2, 0.25) is 0 Å². The fourth-order valence-electron chi connectivity index (χ4n) is 13.1. The van der Waals surface area contributed by atoms with Crippen LogP contribution in [-0.2, 0) is 80.4 Å². The maximum absolute atomic E-state index is 13.0. The van der Waals surface area contributed by atoms with Crippen LogP contribution in [0.25, 0.3) is 135 Å². The minimum atomic E-state index is -0.394. The molecule has 4 radical (unpaired) electrons. The van der Waals surface area contributed by atoms with Crippen molar-refractivity contribution in [1.82, 2.24) is 39.9 Å². The van der Waals surface area contributed by atoms with Gasteiger partial charge in [0.25, 0.3) is 0 Å². The van der Waals surface area contributed by atoms with Crippen LogP contribution < -0.4 is 0 Å². The minimum Gasteiger partial charge on any atom is -0.305 e. The SMILES string of the molecule is Cc1c[c-]c(-c2ccccn2)cc1.Cc1cc(-c2[c-]cccc2)ncc1-c1ccc(F)cc1.Cc1cc(-c2[c-]cccc2)ncc1-c1ccccc1.Cc1ccc[c-]c1-c1ccccn1.Cc1cccnc1-c1[c-]cccc1.[2H]c1[c-]c(-c2cc(C)c(-c3ccc(F)cc3)cn2)c([2H])c([2H])c1[2H].[2H]c1c([2H])c([2H])c(-c2cnc(-c3[c-]cccc3)cc2C)c([2H])c1[2H].[Ir].[Ir].[Ir].[Ir].[c-]1ccccc1-c1ccccn1. The Bertz CT molecular complexity index is 7230. The molecule has 8 heterocycles. The molecule has 14 heteroatoms. The van der Waals surface area contributed by atoms with Crippen molar-refractivity contribution < 1.29 is 102 Å². The molecule has 0 aliphatic heterocycles. The summed E-state index contributed by atoms with van der Waals surface area (Å²) in [4.78, 5) is 34.8. The predicted octanol–water partition coefficient (Wildman–Crippen LogP) is 29.5. The van der Waals surface area contributed by atoms with Crippen molar-refractivity contribution in [3.05, 3.63) is 531 Å². The van der Waals surface area contributed by atoms with Crippen molar-refractivity contribution in [2.24, 2.45) is 0 Å². The van der Waals surface area contributed by atoms with E-state index in [1.54, 1.807) is 67.4 Å². The quantitative estimate of drug-likeness (QED) is 0.111. The van der Waals surface area contributed by atoms with Crippen molar-refractivity contribution in [2.75, 3.05) is 0 Å². The molecule has 20 rings (SSSR count). The summed E-state index contributed by atoms with van der Waals surface area (Å²) in [7, 11) is 0. The average Bonchev–Trinajstić information content (AvgIpc) is 0.760. The van der Waals surface area contributed by atoms with Gasteiger partial charge in [0.1, 0.15) is 11.6 Å². The second-order valence-electron chi connectivity index (χ2n) is 29.1. The Balaban J connectivity index is 0.000000183. The van der Waals surface area contributed by atoms with Crippen molar-refractivity contribution in [1.29, 1.82) is 0 Å². The Labute approximate surface area is 848 Å². The summed E-state index contributed by atoms with van der Waals surface area (Å²) in [6.45, 7) is 14.0. The Hall–Kier alpha value is -13.7. The fraction of sp³-hybridized carbons (Fsp3) is 0.0588. The summed E-state index contributed by atoms with van der Waals surface area (Å²) in [5, 5.41) is 0. The Kier molecular flexibility index (Phi) is 37.0. The van der Waals surface area contributed by atoms with Gasteiger partial charge in [-0.3, -0.25) is 0 Å². The number of hydrogen-bond donors (Lipinski definition) is 0. The molecule has 0 aliphatic rings. The number of benzene rings is 12. The molecule has 0 spiro atoms. The summed E-state index contributed by atoms with van der Waals surface area (Å²) in [6.07, 6.45) is 14.1. The van der Waals surface area contributed by atoms with Crippen LogP contribution in [0.5, 0.6) is 0 Å². The smallest absolute Gasteiger partial charge is 0.123 e. The third-order valence-corrected chi connectivity index (χ3v) is 19.8. The maximum Gasteiger partial charge on any atom is 0.123 e. The van der Waals surface area contributed by atoms with Crippen molar-refractivity contribution in [3.63, 3.8) is 0 Å².